The Kier molecular flexibility index (Phi) is 5.29. The summed E-state index contributed by atoms with van der Waals surface area (Å²) in [6.07, 6.45) is 2.25. The number of halogens is 1. The number of nitrogens with one attached hydrogen (secondary N) is 1. The van der Waals surface area contributed by atoms with Crippen LogP contribution in [0.3, 0.4) is 0 Å². The van der Waals surface area contributed by atoms with E-state index in [9.17, 15) is 4.79 Å². The molecule has 27 heavy (non-hydrogen) atoms. The SMILES string of the molecule is C[C@H](C(=O)N1N=C(c2ccc(Cl)cc2)C[C@H]1c1ccco1)[NH+]1CCOCC1. The number of rotatable bonds is 4. The van der Waals surface area contributed by atoms with E-state index in [1.807, 2.05) is 43.3 Å². The van der Waals surface area contributed by atoms with Gasteiger partial charge in [0.15, 0.2) is 6.04 Å². The van der Waals surface area contributed by atoms with Gasteiger partial charge in [0, 0.05) is 11.4 Å². The number of benzene rings is 1. The van der Waals surface area contributed by atoms with Crippen LogP contribution in [0.2, 0.25) is 5.02 Å². The molecule has 2 aliphatic heterocycles. The molecular formula is C20H23ClN3O3+. The molecule has 0 unspecified atom stereocenters. The number of nitrogens with zero attached hydrogens (tertiary/aromatic N) is 2. The molecule has 6 nitrogen and oxygen atoms in total. The molecule has 1 amide bonds. The Hall–Kier alpha value is -2.15. The first-order chi connectivity index (χ1) is 13.1. The van der Waals surface area contributed by atoms with Crippen LogP contribution < -0.4 is 4.90 Å². The molecule has 0 radical (unpaired) electrons. The van der Waals surface area contributed by atoms with Crippen molar-refractivity contribution in [1.29, 1.82) is 0 Å². The van der Waals surface area contributed by atoms with Crippen molar-refractivity contribution in [3.8, 4) is 0 Å². The lowest BCUT2D eigenvalue weighted by Crippen LogP contribution is -3.18. The van der Waals surface area contributed by atoms with Crippen LogP contribution in [0.1, 0.15) is 30.7 Å². The van der Waals surface area contributed by atoms with E-state index < -0.39 is 0 Å². The van der Waals surface area contributed by atoms with Gasteiger partial charge in [0.25, 0.3) is 0 Å². The maximum atomic E-state index is 13.3. The van der Waals surface area contributed by atoms with E-state index >= 15 is 0 Å². The molecule has 142 valence electrons. The molecule has 1 N–H and O–H groups in total. The molecule has 2 aromatic rings. The van der Waals surface area contributed by atoms with Crippen LogP contribution in [0.4, 0.5) is 0 Å². The van der Waals surface area contributed by atoms with E-state index in [0.717, 1.165) is 30.1 Å². The minimum atomic E-state index is -0.221. The van der Waals surface area contributed by atoms with Crippen LogP contribution in [-0.2, 0) is 9.53 Å². The molecule has 7 heteroatoms. The number of carbonyl (C=O) groups excluding carboxylic acids is 1. The normalized spacial score (nSPS) is 21.9. The lowest BCUT2D eigenvalue weighted by atomic mass is 10.0. The van der Waals surface area contributed by atoms with E-state index in [0.29, 0.717) is 24.7 Å². The fourth-order valence-corrected chi connectivity index (χ4v) is 3.80. The molecular weight excluding hydrogens is 366 g/mol. The third-order valence-corrected chi connectivity index (χ3v) is 5.56. The Bertz CT molecular complexity index is 814. The van der Waals surface area contributed by atoms with Gasteiger partial charge in [-0.25, -0.2) is 5.01 Å². The Labute approximate surface area is 163 Å². The number of hydrazone groups is 1. The van der Waals surface area contributed by atoms with Crippen LogP contribution in [0.5, 0.6) is 0 Å². The third kappa shape index (κ3) is 3.78. The average molecular weight is 389 g/mol. The molecule has 1 fully saturated rings. The van der Waals surface area contributed by atoms with Crippen LogP contribution >= 0.6 is 11.6 Å². The van der Waals surface area contributed by atoms with E-state index in [2.05, 4.69) is 0 Å². The van der Waals surface area contributed by atoms with Crippen molar-refractivity contribution in [1.82, 2.24) is 5.01 Å². The minimum absolute atomic E-state index is 0.0114. The van der Waals surface area contributed by atoms with Crippen molar-refractivity contribution in [3.63, 3.8) is 0 Å². The predicted octanol–water partition coefficient (Wildman–Crippen LogP) is 1.91. The Morgan fingerprint density at radius 2 is 2.00 bits per heavy atom. The molecule has 0 spiro atoms. The van der Waals surface area contributed by atoms with Crippen LogP contribution in [0.15, 0.2) is 52.2 Å². The van der Waals surface area contributed by atoms with Crippen molar-refractivity contribution in [3.05, 3.63) is 59.0 Å². The summed E-state index contributed by atoms with van der Waals surface area (Å²) in [6, 6.07) is 10.9. The van der Waals surface area contributed by atoms with Crippen LogP contribution in [0.25, 0.3) is 0 Å². The van der Waals surface area contributed by atoms with Crippen molar-refractivity contribution in [2.75, 3.05) is 26.3 Å². The van der Waals surface area contributed by atoms with Crippen molar-refractivity contribution >= 4 is 23.2 Å². The van der Waals surface area contributed by atoms with Crippen LogP contribution in [-0.4, -0.2) is 49.0 Å². The Morgan fingerprint density at radius 1 is 1.26 bits per heavy atom. The second-order valence-electron chi connectivity index (χ2n) is 6.96. The van der Waals surface area contributed by atoms with E-state index in [1.54, 1.807) is 11.3 Å². The highest BCUT2D eigenvalue weighted by Gasteiger charge is 2.40. The molecule has 1 saturated heterocycles. The third-order valence-electron chi connectivity index (χ3n) is 5.30. The predicted molar refractivity (Wildman–Crippen MR) is 102 cm³/mol. The molecule has 0 aliphatic carbocycles. The Balaban J connectivity index is 1.61. The number of hydrogen-bond acceptors (Lipinski definition) is 4. The standard InChI is InChI=1S/C20H22ClN3O3/c1-14(23-8-11-26-12-9-23)20(25)24-18(19-3-2-10-27-19)13-17(22-24)15-4-6-16(21)7-5-15/h2-7,10,14,18H,8-9,11-13H2,1H3/p+1/t14-,18+/m1/s1. The van der Waals surface area contributed by atoms with Gasteiger partial charge in [-0.3, -0.25) is 4.79 Å². The average Bonchev–Trinajstić information content (AvgIpc) is 3.38. The molecule has 1 aromatic heterocycles. The number of quaternary nitrogens is 1. The fourth-order valence-electron chi connectivity index (χ4n) is 3.67. The largest absolute Gasteiger partial charge is 0.467 e. The summed E-state index contributed by atoms with van der Waals surface area (Å²) < 4.78 is 11.0. The van der Waals surface area contributed by atoms with Gasteiger partial charge in [-0.1, -0.05) is 23.7 Å². The second-order valence-corrected chi connectivity index (χ2v) is 7.40. The van der Waals surface area contributed by atoms with Gasteiger partial charge >= 0.3 is 5.91 Å². The number of hydrogen-bond donors (Lipinski definition) is 1. The quantitative estimate of drug-likeness (QED) is 0.870. The number of amides is 1. The zero-order valence-corrected chi connectivity index (χ0v) is 16.0. The highest BCUT2D eigenvalue weighted by Crippen LogP contribution is 2.33. The van der Waals surface area contributed by atoms with Gasteiger partial charge in [-0.2, -0.15) is 5.10 Å². The summed E-state index contributed by atoms with van der Waals surface area (Å²) in [5.41, 5.74) is 1.84. The van der Waals surface area contributed by atoms with Gasteiger partial charge in [-0.05, 0) is 36.8 Å². The second kappa shape index (κ2) is 7.84. The molecule has 2 atom stereocenters. The monoisotopic (exact) mass is 388 g/mol. The molecule has 0 saturated carbocycles. The summed E-state index contributed by atoms with van der Waals surface area (Å²) in [7, 11) is 0. The van der Waals surface area contributed by atoms with E-state index in [-0.39, 0.29) is 18.0 Å². The lowest BCUT2D eigenvalue weighted by Gasteiger charge is -2.31. The summed E-state index contributed by atoms with van der Waals surface area (Å²) >= 11 is 6.00. The first kappa shape index (κ1) is 18.2. The van der Waals surface area contributed by atoms with E-state index in [1.165, 1.54) is 4.90 Å². The zero-order valence-electron chi connectivity index (χ0n) is 15.2. The maximum Gasteiger partial charge on any atom is 0.301 e. The maximum absolute atomic E-state index is 13.3. The van der Waals surface area contributed by atoms with E-state index in [4.69, 9.17) is 25.9 Å². The number of carbonyl (C=O) groups is 1. The summed E-state index contributed by atoms with van der Waals surface area (Å²) in [6.45, 7) is 5.01. The summed E-state index contributed by atoms with van der Waals surface area (Å²) in [5.74, 6) is 0.762. The first-order valence-corrected chi connectivity index (χ1v) is 9.63. The van der Waals surface area contributed by atoms with Crippen molar-refractivity contribution in [2.24, 2.45) is 5.10 Å². The molecule has 1 aromatic carbocycles. The minimum Gasteiger partial charge on any atom is -0.467 e. The van der Waals surface area contributed by atoms with Gasteiger partial charge in [0.2, 0.25) is 0 Å². The van der Waals surface area contributed by atoms with Gasteiger partial charge in [0.05, 0.1) is 25.2 Å². The van der Waals surface area contributed by atoms with Gasteiger partial charge in [0.1, 0.15) is 24.9 Å². The Morgan fingerprint density at radius 3 is 2.67 bits per heavy atom. The number of furan rings is 1. The van der Waals surface area contributed by atoms with Crippen molar-refractivity contribution in [2.45, 2.75) is 25.4 Å². The smallest absolute Gasteiger partial charge is 0.301 e. The van der Waals surface area contributed by atoms with Gasteiger partial charge < -0.3 is 14.1 Å². The fraction of sp³-hybridized carbons (Fsp3) is 0.400. The highest BCUT2D eigenvalue weighted by atomic mass is 35.5. The van der Waals surface area contributed by atoms with Gasteiger partial charge in [-0.15, -0.1) is 0 Å². The zero-order chi connectivity index (χ0) is 18.8. The summed E-state index contributed by atoms with van der Waals surface area (Å²) in [5, 5.41) is 6.98. The topological polar surface area (TPSA) is 59.5 Å². The molecule has 4 rings (SSSR count). The first-order valence-electron chi connectivity index (χ1n) is 9.25. The van der Waals surface area contributed by atoms with Crippen molar-refractivity contribution < 1.29 is 18.8 Å². The highest BCUT2D eigenvalue weighted by molar-refractivity contribution is 6.30. The molecule has 3 heterocycles. The number of morpholine rings is 1. The molecule has 0 bridgehead atoms. The summed E-state index contributed by atoms with van der Waals surface area (Å²) in [4.78, 5) is 14.5. The molecule has 2 aliphatic rings. The lowest BCUT2D eigenvalue weighted by molar-refractivity contribution is -0.922. The van der Waals surface area contributed by atoms with Crippen LogP contribution in [0, 0.1) is 0 Å². The number of ether oxygens (including phenoxy) is 1.